The lowest BCUT2D eigenvalue weighted by Crippen LogP contribution is -2.25. The zero-order valence-electron chi connectivity index (χ0n) is 16.5. The molecular formula is C22H25N3O3. The predicted octanol–water partition coefficient (Wildman–Crippen LogP) is 3.36. The van der Waals surface area contributed by atoms with Crippen LogP contribution in [0.3, 0.4) is 0 Å². The second-order valence-electron chi connectivity index (χ2n) is 7.25. The van der Waals surface area contributed by atoms with E-state index in [0.29, 0.717) is 12.2 Å². The molecule has 0 aliphatic carbocycles. The van der Waals surface area contributed by atoms with E-state index < -0.39 is 0 Å². The summed E-state index contributed by atoms with van der Waals surface area (Å²) in [5.74, 6) is 1.61. The Morgan fingerprint density at radius 1 is 1.14 bits per heavy atom. The lowest BCUT2D eigenvalue weighted by Gasteiger charge is -2.26. The highest BCUT2D eigenvalue weighted by Gasteiger charge is 2.29. The summed E-state index contributed by atoms with van der Waals surface area (Å²) in [7, 11) is 3.34. The third-order valence-electron chi connectivity index (χ3n) is 5.40. The lowest BCUT2D eigenvalue weighted by molar-refractivity contribution is 0.240. The van der Waals surface area contributed by atoms with Crippen molar-refractivity contribution in [1.82, 2.24) is 14.3 Å². The van der Waals surface area contributed by atoms with E-state index in [1.54, 1.807) is 30.9 Å². The van der Waals surface area contributed by atoms with Crippen LogP contribution in [0.4, 0.5) is 0 Å². The smallest absolute Gasteiger partial charge is 0.258 e. The van der Waals surface area contributed by atoms with Gasteiger partial charge < -0.3 is 9.47 Å². The van der Waals surface area contributed by atoms with Crippen LogP contribution < -0.4 is 15.0 Å². The lowest BCUT2D eigenvalue weighted by atomic mass is 10.0. The first-order valence-corrected chi connectivity index (χ1v) is 9.54. The Morgan fingerprint density at radius 3 is 2.79 bits per heavy atom. The average Bonchev–Trinajstić information content (AvgIpc) is 3.14. The van der Waals surface area contributed by atoms with E-state index in [1.165, 1.54) is 0 Å². The van der Waals surface area contributed by atoms with Crippen LogP contribution >= 0.6 is 0 Å². The van der Waals surface area contributed by atoms with Gasteiger partial charge >= 0.3 is 0 Å². The highest BCUT2D eigenvalue weighted by molar-refractivity contribution is 5.43. The first-order chi connectivity index (χ1) is 13.6. The summed E-state index contributed by atoms with van der Waals surface area (Å²) < 4.78 is 12.5. The Labute approximate surface area is 164 Å². The largest absolute Gasteiger partial charge is 0.497 e. The summed E-state index contributed by atoms with van der Waals surface area (Å²) in [4.78, 5) is 19.6. The van der Waals surface area contributed by atoms with Gasteiger partial charge in [-0.2, -0.15) is 0 Å². The van der Waals surface area contributed by atoms with Crippen molar-refractivity contribution in [2.75, 3.05) is 20.8 Å². The van der Waals surface area contributed by atoms with E-state index in [-0.39, 0.29) is 11.6 Å². The quantitative estimate of drug-likeness (QED) is 0.680. The molecule has 0 saturated carbocycles. The summed E-state index contributed by atoms with van der Waals surface area (Å²) in [5.41, 5.74) is 3.69. The van der Waals surface area contributed by atoms with Crippen LogP contribution in [0.15, 0.2) is 47.4 Å². The number of methoxy groups -OCH3 is 2. The Balaban J connectivity index is 1.65. The van der Waals surface area contributed by atoms with Gasteiger partial charge in [-0.05, 0) is 50.1 Å². The summed E-state index contributed by atoms with van der Waals surface area (Å²) in [6.07, 6.45) is 3.94. The molecule has 2 aromatic heterocycles. The predicted molar refractivity (Wildman–Crippen MR) is 108 cm³/mol. The van der Waals surface area contributed by atoms with Crippen molar-refractivity contribution in [3.8, 4) is 11.5 Å². The summed E-state index contributed by atoms with van der Waals surface area (Å²) in [6.45, 7) is 3.61. The van der Waals surface area contributed by atoms with Crippen molar-refractivity contribution < 1.29 is 9.47 Å². The maximum Gasteiger partial charge on any atom is 0.258 e. The normalized spacial score (nSPS) is 17.2. The van der Waals surface area contributed by atoms with Gasteiger partial charge in [-0.15, -0.1) is 0 Å². The van der Waals surface area contributed by atoms with Crippen LogP contribution in [-0.4, -0.2) is 35.0 Å². The number of aromatic nitrogens is 2. The summed E-state index contributed by atoms with van der Waals surface area (Å²) >= 11 is 0. The van der Waals surface area contributed by atoms with Crippen LogP contribution in [0.1, 0.15) is 35.7 Å². The molecule has 146 valence electrons. The third kappa shape index (κ3) is 3.47. The number of benzene rings is 1. The number of aryl methyl sites for hydroxylation is 1. The topological polar surface area (TPSA) is 56.1 Å². The van der Waals surface area contributed by atoms with Crippen molar-refractivity contribution in [2.24, 2.45) is 0 Å². The van der Waals surface area contributed by atoms with Crippen LogP contribution in [0.2, 0.25) is 0 Å². The zero-order chi connectivity index (χ0) is 19.7. The molecule has 1 aliphatic heterocycles. The highest BCUT2D eigenvalue weighted by Crippen LogP contribution is 2.39. The summed E-state index contributed by atoms with van der Waals surface area (Å²) in [6, 6.07) is 11.7. The number of pyridine rings is 1. The molecule has 0 spiro atoms. The molecule has 0 amide bonds. The number of hydrogen-bond acceptors (Lipinski definition) is 5. The van der Waals surface area contributed by atoms with E-state index in [1.807, 2.05) is 31.2 Å². The standard InChI is InChI=1S/C22H25N3O3/c1-15-8-10-25-21(11-15)23-16(12-22(25)26)14-24-9-4-5-19(24)18-7-6-17(27-2)13-20(18)28-3/h6-8,10-13,19H,4-5,9,14H2,1-3H3/t19-/m0/s1. The van der Waals surface area contributed by atoms with Gasteiger partial charge in [0.15, 0.2) is 0 Å². The maximum absolute atomic E-state index is 12.5. The molecule has 0 unspecified atom stereocenters. The van der Waals surface area contributed by atoms with Crippen molar-refractivity contribution in [1.29, 1.82) is 0 Å². The molecule has 1 atom stereocenters. The SMILES string of the molecule is COc1ccc([C@@H]2CCCN2Cc2cc(=O)n3ccc(C)cc3n2)c(OC)c1. The molecule has 1 aromatic carbocycles. The van der Waals surface area contributed by atoms with Gasteiger partial charge in [-0.25, -0.2) is 4.98 Å². The molecule has 1 fully saturated rings. The van der Waals surface area contributed by atoms with Crippen molar-refractivity contribution in [2.45, 2.75) is 32.4 Å². The number of rotatable bonds is 5. The Bertz CT molecular complexity index is 1060. The first-order valence-electron chi connectivity index (χ1n) is 9.54. The van der Waals surface area contributed by atoms with E-state index >= 15 is 0 Å². The first kappa shape index (κ1) is 18.5. The van der Waals surface area contributed by atoms with Gasteiger partial charge in [-0.3, -0.25) is 14.1 Å². The molecule has 0 N–H and O–H groups in total. The Morgan fingerprint density at radius 2 is 2.00 bits per heavy atom. The molecule has 0 bridgehead atoms. The van der Waals surface area contributed by atoms with Gasteiger partial charge in [0.25, 0.3) is 5.56 Å². The third-order valence-corrected chi connectivity index (χ3v) is 5.40. The minimum atomic E-state index is -0.0437. The molecular weight excluding hydrogens is 354 g/mol. The van der Waals surface area contributed by atoms with Gasteiger partial charge in [0.05, 0.1) is 19.9 Å². The second-order valence-corrected chi connectivity index (χ2v) is 7.25. The monoisotopic (exact) mass is 379 g/mol. The molecule has 0 radical (unpaired) electrons. The maximum atomic E-state index is 12.5. The van der Waals surface area contributed by atoms with Crippen LogP contribution in [0.25, 0.3) is 5.65 Å². The van der Waals surface area contributed by atoms with Crippen LogP contribution in [0.5, 0.6) is 11.5 Å². The minimum Gasteiger partial charge on any atom is -0.497 e. The number of likely N-dealkylation sites (tertiary alicyclic amines) is 1. The molecule has 3 aromatic rings. The molecule has 1 saturated heterocycles. The van der Waals surface area contributed by atoms with Crippen molar-refractivity contribution >= 4 is 5.65 Å². The fourth-order valence-corrected chi connectivity index (χ4v) is 4.00. The molecule has 6 heteroatoms. The van der Waals surface area contributed by atoms with Crippen LogP contribution in [-0.2, 0) is 6.54 Å². The number of hydrogen-bond donors (Lipinski definition) is 0. The minimum absolute atomic E-state index is 0.0437. The van der Waals surface area contributed by atoms with E-state index in [9.17, 15) is 4.79 Å². The highest BCUT2D eigenvalue weighted by atomic mass is 16.5. The number of ether oxygens (including phenoxy) is 2. The molecule has 6 nitrogen and oxygen atoms in total. The number of fused-ring (bicyclic) bond motifs is 1. The Hall–Kier alpha value is -2.86. The summed E-state index contributed by atoms with van der Waals surface area (Å²) in [5, 5.41) is 0. The fourth-order valence-electron chi connectivity index (χ4n) is 4.00. The van der Waals surface area contributed by atoms with Gasteiger partial charge in [-0.1, -0.05) is 6.07 Å². The second kappa shape index (κ2) is 7.64. The average molecular weight is 379 g/mol. The molecule has 28 heavy (non-hydrogen) atoms. The molecule has 4 rings (SSSR count). The fraction of sp³-hybridized carbons (Fsp3) is 0.364. The van der Waals surface area contributed by atoms with Gasteiger partial charge in [0.2, 0.25) is 0 Å². The van der Waals surface area contributed by atoms with E-state index in [2.05, 4.69) is 11.0 Å². The van der Waals surface area contributed by atoms with Crippen molar-refractivity contribution in [3.63, 3.8) is 0 Å². The van der Waals surface area contributed by atoms with Crippen LogP contribution in [0, 0.1) is 6.92 Å². The van der Waals surface area contributed by atoms with E-state index in [4.69, 9.17) is 14.5 Å². The van der Waals surface area contributed by atoms with Crippen molar-refractivity contribution in [3.05, 3.63) is 69.8 Å². The number of nitrogens with zero attached hydrogens (tertiary/aromatic N) is 3. The zero-order valence-corrected chi connectivity index (χ0v) is 16.5. The van der Waals surface area contributed by atoms with Gasteiger partial charge in [0, 0.05) is 36.5 Å². The van der Waals surface area contributed by atoms with Gasteiger partial charge in [0.1, 0.15) is 17.1 Å². The van der Waals surface area contributed by atoms with E-state index in [0.717, 1.165) is 47.7 Å². The Kier molecular flexibility index (Phi) is 5.05. The molecule has 1 aliphatic rings. The molecule has 3 heterocycles.